The van der Waals surface area contributed by atoms with Gasteiger partial charge in [0.25, 0.3) is 0 Å². The van der Waals surface area contributed by atoms with Crippen LogP contribution in [0.15, 0.2) is 0 Å². The Bertz CT molecular complexity index is 202. The lowest BCUT2D eigenvalue weighted by atomic mass is 9.76. The Hall–Kier alpha value is -0.370. The molecule has 2 aliphatic rings. The van der Waals surface area contributed by atoms with Crippen molar-refractivity contribution in [1.82, 2.24) is 4.90 Å². The van der Waals surface area contributed by atoms with Gasteiger partial charge in [0.2, 0.25) is 0 Å². The first kappa shape index (κ1) is 8.24. The maximum atomic E-state index is 11.9. The normalized spacial score (nSPS) is 39.4. The second kappa shape index (κ2) is 2.56. The zero-order valence-electron chi connectivity index (χ0n) is 7.97. The second-order valence-electron chi connectivity index (χ2n) is 4.58. The number of carbonyl (C=O) groups is 1. The Labute approximate surface area is 73.9 Å². The maximum absolute atomic E-state index is 11.9. The molecule has 0 saturated carbocycles. The van der Waals surface area contributed by atoms with Crippen molar-refractivity contribution in [2.24, 2.45) is 11.3 Å². The smallest absolute Gasteiger partial charge is 0.142 e. The van der Waals surface area contributed by atoms with E-state index in [1.165, 1.54) is 0 Å². The van der Waals surface area contributed by atoms with Gasteiger partial charge in [0.1, 0.15) is 5.78 Å². The topological polar surface area (TPSA) is 20.3 Å². The van der Waals surface area contributed by atoms with Crippen molar-refractivity contribution in [3.63, 3.8) is 0 Å². The lowest BCUT2D eigenvalue weighted by Gasteiger charge is -2.25. The van der Waals surface area contributed by atoms with E-state index in [1.807, 2.05) is 13.8 Å². The summed E-state index contributed by atoms with van der Waals surface area (Å²) in [5, 5.41) is 0. The summed E-state index contributed by atoms with van der Waals surface area (Å²) in [6.07, 6.45) is 2.23. The minimum atomic E-state index is 0.0775. The number of Topliss-reactive ketones (excluding diaryl/α,β-unsaturated/α-hetero) is 1. The number of piperidine rings is 1. The predicted molar refractivity (Wildman–Crippen MR) is 48.0 cm³/mol. The molecule has 2 saturated heterocycles. The number of nitrogens with zero attached hydrogens (tertiary/aromatic N) is 1. The molecule has 0 N–H and O–H groups in total. The zero-order chi connectivity index (χ0) is 8.77. The van der Waals surface area contributed by atoms with Crippen molar-refractivity contribution < 1.29 is 4.79 Å². The van der Waals surface area contributed by atoms with Crippen LogP contribution in [0.4, 0.5) is 0 Å². The second-order valence-corrected chi connectivity index (χ2v) is 4.58. The summed E-state index contributed by atoms with van der Waals surface area (Å²) in [7, 11) is 0. The third-order valence-corrected chi connectivity index (χ3v) is 3.39. The summed E-state index contributed by atoms with van der Waals surface area (Å²) in [5.41, 5.74) is 0.0775. The Balaban J connectivity index is 2.16. The molecule has 0 aliphatic carbocycles. The van der Waals surface area contributed by atoms with Gasteiger partial charge in [0.05, 0.1) is 0 Å². The van der Waals surface area contributed by atoms with Crippen LogP contribution >= 0.6 is 0 Å². The van der Waals surface area contributed by atoms with Gasteiger partial charge in [-0.05, 0) is 25.9 Å². The molecule has 0 amide bonds. The van der Waals surface area contributed by atoms with E-state index in [0.717, 1.165) is 32.5 Å². The summed E-state index contributed by atoms with van der Waals surface area (Å²) in [6, 6.07) is 0. The van der Waals surface area contributed by atoms with Gasteiger partial charge in [-0.3, -0.25) is 4.79 Å². The van der Waals surface area contributed by atoms with Gasteiger partial charge < -0.3 is 4.90 Å². The minimum absolute atomic E-state index is 0.0775. The van der Waals surface area contributed by atoms with Crippen molar-refractivity contribution in [3.8, 4) is 0 Å². The molecule has 0 radical (unpaired) electrons. The molecule has 2 rings (SSSR count). The van der Waals surface area contributed by atoms with Crippen LogP contribution in [0.2, 0.25) is 0 Å². The van der Waals surface area contributed by atoms with E-state index in [9.17, 15) is 4.79 Å². The number of rotatable bonds is 2. The Morgan fingerprint density at radius 3 is 2.25 bits per heavy atom. The first-order valence-electron chi connectivity index (χ1n) is 4.91. The molecular formula is C10H17NO. The van der Waals surface area contributed by atoms with Crippen molar-refractivity contribution in [1.29, 1.82) is 0 Å². The molecule has 68 valence electrons. The lowest BCUT2D eigenvalue weighted by molar-refractivity contribution is -0.130. The van der Waals surface area contributed by atoms with Gasteiger partial charge in [0.15, 0.2) is 0 Å². The van der Waals surface area contributed by atoms with Crippen LogP contribution in [0.3, 0.4) is 0 Å². The Morgan fingerprint density at radius 1 is 1.33 bits per heavy atom. The molecule has 0 aromatic heterocycles. The summed E-state index contributed by atoms with van der Waals surface area (Å²) >= 11 is 0. The molecule has 2 heterocycles. The Kier molecular flexibility index (Phi) is 1.76. The molecule has 12 heavy (non-hydrogen) atoms. The molecule has 0 aromatic rings. The van der Waals surface area contributed by atoms with Crippen LogP contribution in [0, 0.1) is 11.3 Å². The van der Waals surface area contributed by atoms with Crippen LogP contribution in [0.25, 0.3) is 0 Å². The average molecular weight is 167 g/mol. The SMILES string of the molecule is CC(C)C(=O)C12CCN(CC1)C2. The zero-order valence-corrected chi connectivity index (χ0v) is 7.97. The molecule has 0 aromatic carbocycles. The van der Waals surface area contributed by atoms with E-state index in [2.05, 4.69) is 4.90 Å². The number of fused-ring (bicyclic) bond motifs is 2. The van der Waals surface area contributed by atoms with E-state index in [4.69, 9.17) is 0 Å². The first-order valence-corrected chi connectivity index (χ1v) is 4.91. The van der Waals surface area contributed by atoms with E-state index >= 15 is 0 Å². The van der Waals surface area contributed by atoms with Crippen LogP contribution < -0.4 is 0 Å². The maximum Gasteiger partial charge on any atom is 0.142 e. The first-order chi connectivity index (χ1) is 5.64. The summed E-state index contributed by atoms with van der Waals surface area (Å²) in [4.78, 5) is 14.3. The summed E-state index contributed by atoms with van der Waals surface area (Å²) < 4.78 is 0. The molecule has 2 heteroatoms. The summed E-state index contributed by atoms with van der Waals surface area (Å²) in [5.74, 6) is 0.727. The fourth-order valence-electron chi connectivity index (χ4n) is 2.66. The minimum Gasteiger partial charge on any atom is -0.302 e. The molecule has 0 atom stereocenters. The number of hydrogen-bond donors (Lipinski definition) is 0. The molecule has 2 fully saturated rings. The van der Waals surface area contributed by atoms with Gasteiger partial charge in [0, 0.05) is 17.9 Å². The highest BCUT2D eigenvalue weighted by Gasteiger charge is 2.49. The molecule has 2 aliphatic heterocycles. The van der Waals surface area contributed by atoms with Gasteiger partial charge in [-0.25, -0.2) is 0 Å². The van der Waals surface area contributed by atoms with E-state index in [-0.39, 0.29) is 11.3 Å². The largest absolute Gasteiger partial charge is 0.302 e. The highest BCUT2D eigenvalue weighted by molar-refractivity contribution is 5.87. The number of hydrogen-bond acceptors (Lipinski definition) is 2. The van der Waals surface area contributed by atoms with Crippen LogP contribution in [0.1, 0.15) is 26.7 Å². The fourth-order valence-corrected chi connectivity index (χ4v) is 2.66. The van der Waals surface area contributed by atoms with Gasteiger partial charge in [-0.1, -0.05) is 13.8 Å². The molecule has 2 bridgehead atoms. The van der Waals surface area contributed by atoms with Crippen molar-refractivity contribution >= 4 is 5.78 Å². The van der Waals surface area contributed by atoms with Crippen molar-refractivity contribution in [2.75, 3.05) is 19.6 Å². The van der Waals surface area contributed by atoms with Crippen molar-refractivity contribution in [2.45, 2.75) is 26.7 Å². The van der Waals surface area contributed by atoms with Crippen molar-refractivity contribution in [3.05, 3.63) is 0 Å². The predicted octanol–water partition coefficient (Wildman–Crippen LogP) is 1.31. The highest BCUT2D eigenvalue weighted by atomic mass is 16.1. The highest BCUT2D eigenvalue weighted by Crippen LogP contribution is 2.42. The number of ketones is 1. The molecule has 0 spiro atoms. The van der Waals surface area contributed by atoms with Crippen LogP contribution in [0.5, 0.6) is 0 Å². The third-order valence-electron chi connectivity index (χ3n) is 3.39. The quantitative estimate of drug-likeness (QED) is 0.618. The van der Waals surface area contributed by atoms with Gasteiger partial charge >= 0.3 is 0 Å². The lowest BCUT2D eigenvalue weighted by Crippen LogP contribution is -2.33. The van der Waals surface area contributed by atoms with E-state index in [0.29, 0.717) is 5.78 Å². The van der Waals surface area contributed by atoms with Crippen LogP contribution in [-0.4, -0.2) is 30.3 Å². The third kappa shape index (κ3) is 1.01. The standard InChI is InChI=1S/C10H17NO/c1-8(2)9(12)10-3-5-11(7-10)6-4-10/h8H,3-7H2,1-2H3. The van der Waals surface area contributed by atoms with Gasteiger partial charge in [-0.2, -0.15) is 0 Å². The van der Waals surface area contributed by atoms with E-state index < -0.39 is 0 Å². The molecular weight excluding hydrogens is 150 g/mol. The fraction of sp³-hybridized carbons (Fsp3) is 0.900. The monoisotopic (exact) mass is 167 g/mol. The number of carbonyl (C=O) groups excluding carboxylic acids is 1. The Morgan fingerprint density at radius 2 is 1.92 bits per heavy atom. The van der Waals surface area contributed by atoms with Gasteiger partial charge in [-0.15, -0.1) is 0 Å². The average Bonchev–Trinajstić information content (AvgIpc) is 2.62. The summed E-state index contributed by atoms with van der Waals surface area (Å²) in [6.45, 7) is 7.40. The van der Waals surface area contributed by atoms with E-state index in [1.54, 1.807) is 0 Å². The van der Waals surface area contributed by atoms with Crippen LogP contribution in [-0.2, 0) is 4.79 Å². The molecule has 2 nitrogen and oxygen atoms in total. The molecule has 0 unspecified atom stereocenters.